The third kappa shape index (κ3) is 3.47. The summed E-state index contributed by atoms with van der Waals surface area (Å²) in [6, 6.07) is 0. The summed E-state index contributed by atoms with van der Waals surface area (Å²) < 4.78 is 0. The summed E-state index contributed by atoms with van der Waals surface area (Å²) in [4.78, 5) is 12.1. The highest BCUT2D eigenvalue weighted by Gasteiger charge is 2.32. The number of nitrogens with one attached hydrogen (secondary N) is 1. The lowest BCUT2D eigenvalue weighted by Gasteiger charge is -2.26. The molecular weight excluding hydrogens is 260 g/mol. The maximum atomic E-state index is 4.91. The van der Waals surface area contributed by atoms with Crippen LogP contribution in [0.4, 0.5) is 11.6 Å². The average molecular weight is 290 g/mol. The van der Waals surface area contributed by atoms with Crippen molar-refractivity contribution < 1.29 is 0 Å². The first-order valence-corrected chi connectivity index (χ1v) is 8.02. The first kappa shape index (κ1) is 16.1. The number of hydrogen-bond acceptors (Lipinski definition) is 4. The molecule has 0 amide bonds. The summed E-state index contributed by atoms with van der Waals surface area (Å²) in [6.45, 7) is 18.5. The molecule has 2 heterocycles. The SMILES string of the molecule is CCNc1nc(C(C)(C)C)nc(N2CCC(C)(C)C2)c1C. The summed E-state index contributed by atoms with van der Waals surface area (Å²) >= 11 is 0. The molecule has 1 saturated heterocycles. The molecule has 1 aliphatic rings. The van der Waals surface area contributed by atoms with E-state index in [2.05, 4.69) is 58.7 Å². The molecule has 0 aromatic carbocycles. The van der Waals surface area contributed by atoms with Crippen LogP contribution in [0.3, 0.4) is 0 Å². The predicted molar refractivity (Wildman–Crippen MR) is 90.2 cm³/mol. The van der Waals surface area contributed by atoms with Gasteiger partial charge in [-0.3, -0.25) is 0 Å². The zero-order chi connectivity index (χ0) is 15.8. The number of hydrogen-bond donors (Lipinski definition) is 1. The number of nitrogens with zero attached hydrogens (tertiary/aromatic N) is 3. The molecule has 0 unspecified atom stereocenters. The van der Waals surface area contributed by atoms with Crippen molar-refractivity contribution in [2.24, 2.45) is 5.41 Å². The minimum absolute atomic E-state index is 0.0398. The van der Waals surface area contributed by atoms with Gasteiger partial charge in [0.25, 0.3) is 0 Å². The van der Waals surface area contributed by atoms with Gasteiger partial charge in [0, 0.05) is 30.6 Å². The standard InChI is InChI=1S/C17H30N4/c1-8-18-13-12(2)14(20-15(19-13)16(3,4)5)21-10-9-17(6,7)11-21/h8-11H2,1-7H3,(H,18,19,20). The van der Waals surface area contributed by atoms with Crippen molar-refractivity contribution in [3.05, 3.63) is 11.4 Å². The van der Waals surface area contributed by atoms with Gasteiger partial charge in [0.05, 0.1) is 0 Å². The highest BCUT2D eigenvalue weighted by atomic mass is 15.2. The molecule has 1 aromatic heterocycles. The smallest absolute Gasteiger partial charge is 0.138 e. The zero-order valence-corrected chi connectivity index (χ0v) is 14.7. The Labute approximate surface area is 129 Å². The van der Waals surface area contributed by atoms with E-state index in [0.29, 0.717) is 5.41 Å². The molecule has 4 heteroatoms. The Hall–Kier alpha value is -1.32. The van der Waals surface area contributed by atoms with Crippen molar-refractivity contribution in [2.75, 3.05) is 29.9 Å². The van der Waals surface area contributed by atoms with E-state index in [-0.39, 0.29) is 5.41 Å². The lowest BCUT2D eigenvalue weighted by molar-refractivity contribution is 0.418. The first-order valence-electron chi connectivity index (χ1n) is 8.02. The van der Waals surface area contributed by atoms with Crippen molar-refractivity contribution in [3.8, 4) is 0 Å². The van der Waals surface area contributed by atoms with E-state index in [4.69, 9.17) is 9.97 Å². The normalized spacial score (nSPS) is 18.1. The van der Waals surface area contributed by atoms with Gasteiger partial charge in [-0.05, 0) is 25.7 Å². The molecule has 1 fully saturated rings. The molecule has 21 heavy (non-hydrogen) atoms. The van der Waals surface area contributed by atoms with Gasteiger partial charge in [-0.25, -0.2) is 9.97 Å². The highest BCUT2D eigenvalue weighted by Crippen LogP contribution is 2.35. The molecule has 2 rings (SSSR count). The molecular formula is C17H30N4. The van der Waals surface area contributed by atoms with Gasteiger partial charge in [-0.15, -0.1) is 0 Å². The Morgan fingerprint density at radius 2 is 1.90 bits per heavy atom. The van der Waals surface area contributed by atoms with Crippen LogP contribution < -0.4 is 10.2 Å². The number of rotatable bonds is 3. The number of aromatic nitrogens is 2. The molecule has 118 valence electrons. The van der Waals surface area contributed by atoms with Crippen molar-refractivity contribution in [2.45, 2.75) is 60.3 Å². The van der Waals surface area contributed by atoms with Gasteiger partial charge >= 0.3 is 0 Å². The van der Waals surface area contributed by atoms with Crippen molar-refractivity contribution in [3.63, 3.8) is 0 Å². The van der Waals surface area contributed by atoms with Crippen LogP contribution in [0.5, 0.6) is 0 Å². The van der Waals surface area contributed by atoms with Gasteiger partial charge in [-0.1, -0.05) is 34.6 Å². The minimum atomic E-state index is -0.0398. The quantitative estimate of drug-likeness (QED) is 0.920. The van der Waals surface area contributed by atoms with Crippen LogP contribution in [0.2, 0.25) is 0 Å². The molecule has 0 atom stereocenters. The average Bonchev–Trinajstić information content (AvgIpc) is 2.71. The van der Waals surface area contributed by atoms with Crippen LogP contribution in [0.25, 0.3) is 0 Å². The summed E-state index contributed by atoms with van der Waals surface area (Å²) in [5.41, 5.74) is 1.50. The van der Waals surface area contributed by atoms with E-state index >= 15 is 0 Å². The Morgan fingerprint density at radius 1 is 1.24 bits per heavy atom. The fourth-order valence-electron chi connectivity index (χ4n) is 2.78. The molecule has 0 spiro atoms. The molecule has 1 aromatic rings. The van der Waals surface area contributed by atoms with Gasteiger partial charge in [-0.2, -0.15) is 0 Å². The Bertz CT molecular complexity index is 514. The van der Waals surface area contributed by atoms with Crippen LogP contribution >= 0.6 is 0 Å². The van der Waals surface area contributed by atoms with Gasteiger partial charge < -0.3 is 10.2 Å². The van der Waals surface area contributed by atoms with Crippen LogP contribution in [-0.4, -0.2) is 29.6 Å². The van der Waals surface area contributed by atoms with E-state index < -0.39 is 0 Å². The Kier molecular flexibility index (Phi) is 4.18. The Morgan fingerprint density at radius 3 is 2.38 bits per heavy atom. The van der Waals surface area contributed by atoms with E-state index in [9.17, 15) is 0 Å². The van der Waals surface area contributed by atoms with Gasteiger partial charge in [0.1, 0.15) is 17.5 Å². The zero-order valence-electron chi connectivity index (χ0n) is 14.7. The molecule has 0 saturated carbocycles. The third-order valence-corrected chi connectivity index (χ3v) is 4.11. The van der Waals surface area contributed by atoms with Crippen LogP contribution in [0.15, 0.2) is 0 Å². The fraction of sp³-hybridized carbons (Fsp3) is 0.765. The monoisotopic (exact) mass is 290 g/mol. The second-order valence-electron chi connectivity index (χ2n) is 7.96. The topological polar surface area (TPSA) is 41.1 Å². The third-order valence-electron chi connectivity index (χ3n) is 4.11. The van der Waals surface area contributed by atoms with Crippen LogP contribution in [-0.2, 0) is 5.41 Å². The summed E-state index contributed by atoms with van der Waals surface area (Å²) in [6.07, 6.45) is 1.22. The van der Waals surface area contributed by atoms with Gasteiger partial charge in [0.15, 0.2) is 0 Å². The molecule has 0 bridgehead atoms. The van der Waals surface area contributed by atoms with Crippen molar-refractivity contribution >= 4 is 11.6 Å². The predicted octanol–water partition coefficient (Wildman–Crippen LogP) is 3.75. The first-order chi connectivity index (χ1) is 9.64. The number of anilines is 2. The van der Waals surface area contributed by atoms with Crippen molar-refractivity contribution in [1.82, 2.24) is 9.97 Å². The van der Waals surface area contributed by atoms with E-state index in [1.54, 1.807) is 0 Å². The van der Waals surface area contributed by atoms with Crippen molar-refractivity contribution in [1.29, 1.82) is 0 Å². The summed E-state index contributed by atoms with van der Waals surface area (Å²) in [7, 11) is 0. The molecule has 1 N–H and O–H groups in total. The highest BCUT2D eigenvalue weighted by molar-refractivity contribution is 5.59. The van der Waals surface area contributed by atoms with E-state index in [0.717, 1.165) is 37.1 Å². The minimum Gasteiger partial charge on any atom is -0.370 e. The summed E-state index contributed by atoms with van der Waals surface area (Å²) in [5, 5.41) is 3.40. The van der Waals surface area contributed by atoms with E-state index in [1.807, 2.05) is 0 Å². The summed E-state index contributed by atoms with van der Waals surface area (Å²) in [5.74, 6) is 3.01. The molecule has 1 aliphatic heterocycles. The van der Waals surface area contributed by atoms with Crippen LogP contribution in [0, 0.1) is 12.3 Å². The maximum Gasteiger partial charge on any atom is 0.138 e. The largest absolute Gasteiger partial charge is 0.370 e. The Balaban J connectivity index is 2.46. The van der Waals surface area contributed by atoms with Crippen LogP contribution in [0.1, 0.15) is 59.4 Å². The second kappa shape index (κ2) is 5.47. The van der Waals surface area contributed by atoms with Gasteiger partial charge in [0.2, 0.25) is 0 Å². The fourth-order valence-corrected chi connectivity index (χ4v) is 2.78. The lowest BCUT2D eigenvalue weighted by atomic mass is 9.93. The lowest BCUT2D eigenvalue weighted by Crippen LogP contribution is -2.27. The molecule has 0 radical (unpaired) electrons. The maximum absolute atomic E-state index is 4.91. The van der Waals surface area contributed by atoms with E-state index in [1.165, 1.54) is 12.0 Å². The molecule has 4 nitrogen and oxygen atoms in total. The molecule has 0 aliphatic carbocycles. The second-order valence-corrected chi connectivity index (χ2v) is 7.96.